The number of rotatable bonds is 5. The number of aromatic amines is 1. The fourth-order valence-electron chi connectivity index (χ4n) is 2.10. The molecule has 1 heterocycles. The second-order valence-electron chi connectivity index (χ2n) is 5.03. The lowest BCUT2D eigenvalue weighted by Gasteiger charge is -2.21. The van der Waals surface area contributed by atoms with Gasteiger partial charge in [-0.3, -0.25) is 9.89 Å². The van der Waals surface area contributed by atoms with E-state index in [1.54, 1.807) is 18.3 Å². The molecule has 0 aliphatic carbocycles. The van der Waals surface area contributed by atoms with Crippen molar-refractivity contribution < 1.29 is 14.3 Å². The highest BCUT2D eigenvalue weighted by Crippen LogP contribution is 2.14. The molecule has 2 rings (SSSR count). The van der Waals surface area contributed by atoms with Crippen molar-refractivity contribution >= 4 is 22.8 Å². The summed E-state index contributed by atoms with van der Waals surface area (Å²) in [5.41, 5.74) is 1.25. The van der Waals surface area contributed by atoms with Crippen molar-refractivity contribution in [3.63, 3.8) is 0 Å². The van der Waals surface area contributed by atoms with Crippen LogP contribution < -0.4 is 5.32 Å². The molecule has 0 fully saturated rings. The standard InChI is InChI=1S/C15H19N3O3/c1-4-9(2)13(15(20)21-3)17-14(19)10-5-6-11-8-16-18-12(11)7-10/h5-9,13H,4H2,1-3H3,(H,16,18)(H,17,19). The van der Waals surface area contributed by atoms with E-state index in [9.17, 15) is 9.59 Å². The summed E-state index contributed by atoms with van der Waals surface area (Å²) in [4.78, 5) is 24.1. The molecule has 2 unspecified atom stereocenters. The first kappa shape index (κ1) is 15.0. The van der Waals surface area contributed by atoms with Crippen molar-refractivity contribution in [1.82, 2.24) is 15.5 Å². The Hall–Kier alpha value is -2.37. The van der Waals surface area contributed by atoms with Gasteiger partial charge in [-0.1, -0.05) is 26.3 Å². The van der Waals surface area contributed by atoms with Gasteiger partial charge in [-0.15, -0.1) is 0 Å². The summed E-state index contributed by atoms with van der Waals surface area (Å²) in [5, 5.41) is 10.4. The molecule has 0 spiro atoms. The smallest absolute Gasteiger partial charge is 0.328 e. The highest BCUT2D eigenvalue weighted by atomic mass is 16.5. The monoisotopic (exact) mass is 289 g/mol. The van der Waals surface area contributed by atoms with Gasteiger partial charge in [0.05, 0.1) is 18.8 Å². The van der Waals surface area contributed by atoms with Gasteiger partial charge in [0.1, 0.15) is 6.04 Å². The van der Waals surface area contributed by atoms with Gasteiger partial charge in [-0.05, 0) is 18.1 Å². The van der Waals surface area contributed by atoms with Gasteiger partial charge in [0.25, 0.3) is 5.91 Å². The zero-order chi connectivity index (χ0) is 15.4. The highest BCUT2D eigenvalue weighted by molar-refractivity contribution is 5.99. The van der Waals surface area contributed by atoms with E-state index in [0.717, 1.165) is 17.3 Å². The van der Waals surface area contributed by atoms with Crippen LogP contribution in [0.1, 0.15) is 30.6 Å². The minimum absolute atomic E-state index is 0.00251. The van der Waals surface area contributed by atoms with Gasteiger partial charge in [0.2, 0.25) is 0 Å². The SMILES string of the molecule is CCC(C)C(NC(=O)c1ccc2cn[nH]c2c1)C(=O)OC. The second-order valence-corrected chi connectivity index (χ2v) is 5.03. The lowest BCUT2D eigenvalue weighted by Crippen LogP contribution is -2.45. The number of esters is 1. The van der Waals surface area contributed by atoms with Crippen molar-refractivity contribution in [3.8, 4) is 0 Å². The molecule has 0 bridgehead atoms. The number of nitrogens with zero attached hydrogens (tertiary/aromatic N) is 1. The van der Waals surface area contributed by atoms with Crippen molar-refractivity contribution in [2.75, 3.05) is 7.11 Å². The largest absolute Gasteiger partial charge is 0.467 e. The van der Waals surface area contributed by atoms with E-state index >= 15 is 0 Å². The summed E-state index contributed by atoms with van der Waals surface area (Å²) < 4.78 is 4.76. The number of fused-ring (bicyclic) bond motifs is 1. The van der Waals surface area contributed by atoms with Crippen LogP contribution in [0.15, 0.2) is 24.4 Å². The maximum absolute atomic E-state index is 12.3. The Morgan fingerprint density at radius 2 is 2.19 bits per heavy atom. The summed E-state index contributed by atoms with van der Waals surface area (Å²) in [6.45, 7) is 3.86. The molecule has 112 valence electrons. The summed E-state index contributed by atoms with van der Waals surface area (Å²) in [7, 11) is 1.32. The van der Waals surface area contributed by atoms with E-state index in [4.69, 9.17) is 4.74 Å². The molecule has 0 saturated carbocycles. The van der Waals surface area contributed by atoms with Crippen LogP contribution in [0.4, 0.5) is 0 Å². The topological polar surface area (TPSA) is 84.1 Å². The fourth-order valence-corrected chi connectivity index (χ4v) is 2.10. The number of amides is 1. The molecule has 21 heavy (non-hydrogen) atoms. The molecule has 0 aliphatic heterocycles. The van der Waals surface area contributed by atoms with Gasteiger partial charge in [0.15, 0.2) is 0 Å². The van der Waals surface area contributed by atoms with E-state index in [0.29, 0.717) is 5.56 Å². The third kappa shape index (κ3) is 3.21. The molecule has 2 aromatic rings. The van der Waals surface area contributed by atoms with Crippen molar-refractivity contribution in [2.45, 2.75) is 26.3 Å². The van der Waals surface area contributed by atoms with E-state index < -0.39 is 12.0 Å². The van der Waals surface area contributed by atoms with Crippen LogP contribution in [-0.4, -0.2) is 35.2 Å². The molecule has 0 radical (unpaired) electrons. The van der Waals surface area contributed by atoms with Gasteiger partial charge in [0, 0.05) is 10.9 Å². The number of hydrogen-bond acceptors (Lipinski definition) is 4. The molecule has 1 aromatic carbocycles. The predicted octanol–water partition coefficient (Wildman–Crippen LogP) is 1.88. The van der Waals surface area contributed by atoms with Crippen LogP contribution >= 0.6 is 0 Å². The molecule has 1 aromatic heterocycles. The zero-order valence-electron chi connectivity index (χ0n) is 12.3. The highest BCUT2D eigenvalue weighted by Gasteiger charge is 2.27. The first-order valence-electron chi connectivity index (χ1n) is 6.88. The van der Waals surface area contributed by atoms with Crippen LogP contribution in [0.3, 0.4) is 0 Å². The number of nitrogens with one attached hydrogen (secondary N) is 2. The summed E-state index contributed by atoms with van der Waals surface area (Å²) >= 11 is 0. The van der Waals surface area contributed by atoms with E-state index in [1.807, 2.05) is 19.9 Å². The number of hydrogen-bond donors (Lipinski definition) is 2. The van der Waals surface area contributed by atoms with E-state index in [-0.39, 0.29) is 11.8 Å². The molecule has 1 amide bonds. The fraction of sp³-hybridized carbons (Fsp3) is 0.400. The molecule has 0 saturated heterocycles. The molecular formula is C15H19N3O3. The summed E-state index contributed by atoms with van der Waals surface area (Å²) in [5.74, 6) is -0.736. The zero-order valence-corrected chi connectivity index (χ0v) is 12.3. The minimum Gasteiger partial charge on any atom is -0.467 e. The lowest BCUT2D eigenvalue weighted by atomic mass is 9.98. The third-order valence-electron chi connectivity index (χ3n) is 3.66. The third-order valence-corrected chi connectivity index (χ3v) is 3.66. The number of carbonyl (C=O) groups excluding carboxylic acids is 2. The molecule has 2 atom stereocenters. The Morgan fingerprint density at radius 1 is 1.43 bits per heavy atom. The predicted molar refractivity (Wildman–Crippen MR) is 78.8 cm³/mol. The van der Waals surface area contributed by atoms with E-state index in [1.165, 1.54) is 7.11 Å². The van der Waals surface area contributed by atoms with Gasteiger partial charge < -0.3 is 10.1 Å². The Morgan fingerprint density at radius 3 is 2.86 bits per heavy atom. The first-order valence-corrected chi connectivity index (χ1v) is 6.88. The number of carbonyl (C=O) groups is 2. The Balaban J connectivity index is 2.19. The molecular weight excluding hydrogens is 270 g/mol. The summed E-state index contributed by atoms with van der Waals surface area (Å²) in [6, 6.07) is 4.58. The van der Waals surface area contributed by atoms with Crippen molar-refractivity contribution in [3.05, 3.63) is 30.0 Å². The first-order chi connectivity index (χ1) is 10.1. The Kier molecular flexibility index (Phi) is 4.57. The van der Waals surface area contributed by atoms with Crippen LogP contribution in [0.5, 0.6) is 0 Å². The number of aromatic nitrogens is 2. The minimum atomic E-state index is -0.648. The van der Waals surface area contributed by atoms with E-state index in [2.05, 4.69) is 15.5 Å². The molecule has 6 nitrogen and oxygen atoms in total. The maximum Gasteiger partial charge on any atom is 0.328 e. The van der Waals surface area contributed by atoms with Crippen molar-refractivity contribution in [1.29, 1.82) is 0 Å². The average molecular weight is 289 g/mol. The maximum atomic E-state index is 12.3. The Labute approximate surface area is 122 Å². The van der Waals surface area contributed by atoms with Crippen LogP contribution in [0.2, 0.25) is 0 Å². The number of H-pyrrole nitrogens is 1. The molecule has 0 aliphatic rings. The second kappa shape index (κ2) is 6.39. The Bertz CT molecular complexity index is 650. The number of methoxy groups -OCH3 is 1. The van der Waals surface area contributed by atoms with Crippen LogP contribution in [0.25, 0.3) is 10.9 Å². The van der Waals surface area contributed by atoms with Gasteiger partial charge in [-0.25, -0.2) is 4.79 Å². The summed E-state index contributed by atoms with van der Waals surface area (Å²) in [6.07, 6.45) is 2.45. The normalized spacial score (nSPS) is 13.7. The van der Waals surface area contributed by atoms with Gasteiger partial charge in [-0.2, -0.15) is 5.10 Å². The van der Waals surface area contributed by atoms with Gasteiger partial charge >= 0.3 is 5.97 Å². The lowest BCUT2D eigenvalue weighted by molar-refractivity contribution is -0.144. The van der Waals surface area contributed by atoms with Crippen molar-refractivity contribution in [2.24, 2.45) is 5.92 Å². The number of ether oxygens (including phenoxy) is 1. The molecule has 2 N–H and O–H groups in total. The average Bonchev–Trinajstić information content (AvgIpc) is 2.98. The van der Waals surface area contributed by atoms with Crippen LogP contribution in [-0.2, 0) is 9.53 Å². The number of benzene rings is 1. The van der Waals surface area contributed by atoms with Crippen LogP contribution in [0, 0.1) is 5.92 Å². The quantitative estimate of drug-likeness (QED) is 0.823. The molecule has 6 heteroatoms.